The van der Waals surface area contributed by atoms with E-state index in [0.29, 0.717) is 12.5 Å². The van der Waals surface area contributed by atoms with E-state index in [0.717, 1.165) is 25.7 Å². The summed E-state index contributed by atoms with van der Waals surface area (Å²) >= 11 is 0. The highest BCUT2D eigenvalue weighted by atomic mass is 16.6. The molecule has 0 unspecified atom stereocenters. The lowest BCUT2D eigenvalue weighted by Crippen LogP contribution is -2.49. The molecule has 2 amide bonds. The predicted octanol–water partition coefficient (Wildman–Crippen LogP) is 3.92. The van der Waals surface area contributed by atoms with Gasteiger partial charge in [-0.3, -0.25) is 4.79 Å². The van der Waals surface area contributed by atoms with Crippen LogP contribution in [0.2, 0.25) is 0 Å². The third-order valence-electron chi connectivity index (χ3n) is 4.85. The zero-order chi connectivity index (χ0) is 18.7. The molecule has 0 aromatic carbocycles. The van der Waals surface area contributed by atoms with Crippen molar-refractivity contribution in [2.75, 3.05) is 20.6 Å². The largest absolute Gasteiger partial charge is 0.444 e. The molecule has 0 spiro atoms. The molecular weight excluding hydrogens is 304 g/mol. The van der Waals surface area contributed by atoms with Gasteiger partial charge in [0.25, 0.3) is 0 Å². The van der Waals surface area contributed by atoms with Crippen LogP contribution in [-0.4, -0.2) is 53.6 Å². The molecule has 2 atom stereocenters. The molecule has 1 rings (SSSR count). The Balaban J connectivity index is 3.07. The number of carbonyl (C=O) groups is 2. The van der Waals surface area contributed by atoms with Crippen molar-refractivity contribution in [2.45, 2.75) is 78.4 Å². The van der Waals surface area contributed by atoms with Gasteiger partial charge >= 0.3 is 6.09 Å². The number of carbonyl (C=O) groups excluding carboxylic acids is 2. The molecule has 5 nitrogen and oxygen atoms in total. The van der Waals surface area contributed by atoms with Gasteiger partial charge < -0.3 is 14.5 Å². The molecule has 1 aliphatic heterocycles. The Kier molecular flexibility index (Phi) is 6.71. The summed E-state index contributed by atoms with van der Waals surface area (Å²) in [5.41, 5.74) is -0.804. The summed E-state index contributed by atoms with van der Waals surface area (Å²) in [4.78, 5) is 28.8. The van der Waals surface area contributed by atoms with Crippen molar-refractivity contribution in [3.63, 3.8) is 0 Å². The zero-order valence-electron chi connectivity index (χ0n) is 16.8. The second-order valence-electron chi connectivity index (χ2n) is 8.74. The third kappa shape index (κ3) is 5.12. The number of amides is 2. The molecule has 140 valence electrons. The Morgan fingerprint density at radius 2 is 1.88 bits per heavy atom. The van der Waals surface area contributed by atoms with Gasteiger partial charge in [0.2, 0.25) is 5.91 Å². The normalized spacial score (nSPS) is 24.4. The lowest BCUT2D eigenvalue weighted by Gasteiger charge is -2.39. The molecule has 1 heterocycles. The molecule has 1 saturated heterocycles. The Morgan fingerprint density at radius 3 is 2.29 bits per heavy atom. The van der Waals surface area contributed by atoms with E-state index in [4.69, 9.17) is 4.74 Å². The van der Waals surface area contributed by atoms with E-state index >= 15 is 0 Å². The van der Waals surface area contributed by atoms with Gasteiger partial charge in [0.05, 0.1) is 5.92 Å². The Bertz CT molecular complexity index is 454. The number of nitrogens with zero attached hydrogens (tertiary/aromatic N) is 2. The molecule has 1 aliphatic rings. The molecule has 0 aromatic heterocycles. The monoisotopic (exact) mass is 340 g/mol. The highest BCUT2D eigenvalue weighted by Crippen LogP contribution is 2.41. The average molecular weight is 341 g/mol. The van der Waals surface area contributed by atoms with Crippen LogP contribution < -0.4 is 0 Å². The van der Waals surface area contributed by atoms with E-state index in [2.05, 4.69) is 20.8 Å². The van der Waals surface area contributed by atoms with Crippen LogP contribution in [-0.2, 0) is 9.53 Å². The molecule has 1 fully saturated rings. The lowest BCUT2D eigenvalue weighted by molar-refractivity contribution is -0.132. The maximum Gasteiger partial charge on any atom is 0.410 e. The second-order valence-corrected chi connectivity index (χ2v) is 8.74. The quantitative estimate of drug-likeness (QED) is 0.762. The smallest absolute Gasteiger partial charge is 0.410 e. The first-order valence-corrected chi connectivity index (χ1v) is 9.13. The van der Waals surface area contributed by atoms with Crippen molar-refractivity contribution in [2.24, 2.45) is 11.8 Å². The maximum absolute atomic E-state index is 12.8. The fourth-order valence-corrected chi connectivity index (χ4v) is 3.47. The summed E-state index contributed by atoms with van der Waals surface area (Å²) < 4.78 is 5.64. The van der Waals surface area contributed by atoms with E-state index < -0.39 is 5.60 Å². The van der Waals surface area contributed by atoms with Gasteiger partial charge in [-0.1, -0.05) is 20.8 Å². The van der Waals surface area contributed by atoms with Crippen LogP contribution in [0.25, 0.3) is 0 Å². The van der Waals surface area contributed by atoms with E-state index in [1.807, 2.05) is 25.7 Å². The molecule has 0 saturated carbocycles. The van der Waals surface area contributed by atoms with Crippen molar-refractivity contribution in [3.05, 3.63) is 0 Å². The first-order chi connectivity index (χ1) is 10.9. The van der Waals surface area contributed by atoms with Crippen molar-refractivity contribution >= 4 is 12.0 Å². The molecular formula is C19H36N2O3. The third-order valence-corrected chi connectivity index (χ3v) is 4.85. The first-order valence-electron chi connectivity index (χ1n) is 9.13. The standard InChI is InChI=1S/C19H36N2O3/c1-9-19(11-10-14(2)3)12-15(16(22)20(7)8)13-21(19)17(23)24-18(4,5)6/h14-15H,9-13H2,1-8H3/t15-,19-/m0/s1. The number of ether oxygens (including phenoxy) is 1. The van der Waals surface area contributed by atoms with Crippen LogP contribution in [0.5, 0.6) is 0 Å². The number of hydrogen-bond donors (Lipinski definition) is 0. The van der Waals surface area contributed by atoms with Gasteiger partial charge in [-0.25, -0.2) is 4.79 Å². The van der Waals surface area contributed by atoms with Crippen molar-refractivity contribution in [3.8, 4) is 0 Å². The molecule has 5 heteroatoms. The average Bonchev–Trinajstić information content (AvgIpc) is 2.82. The fourth-order valence-electron chi connectivity index (χ4n) is 3.47. The summed E-state index contributed by atoms with van der Waals surface area (Å²) in [6.45, 7) is 12.6. The van der Waals surface area contributed by atoms with Crippen molar-refractivity contribution in [1.82, 2.24) is 9.80 Å². The van der Waals surface area contributed by atoms with Gasteiger partial charge in [-0.2, -0.15) is 0 Å². The van der Waals surface area contributed by atoms with E-state index in [9.17, 15) is 9.59 Å². The predicted molar refractivity (Wildman–Crippen MR) is 96.8 cm³/mol. The number of rotatable bonds is 5. The molecule has 0 aromatic rings. The van der Waals surface area contributed by atoms with Crippen molar-refractivity contribution < 1.29 is 14.3 Å². The second kappa shape index (κ2) is 7.75. The minimum atomic E-state index is -0.530. The number of likely N-dealkylation sites (tertiary alicyclic amines) is 1. The SMILES string of the molecule is CC[C@]1(CCC(C)C)C[C@H](C(=O)N(C)C)CN1C(=O)OC(C)(C)C. The van der Waals surface area contributed by atoms with Crippen LogP contribution in [0.1, 0.15) is 67.2 Å². The van der Waals surface area contributed by atoms with Crippen LogP contribution in [0.4, 0.5) is 4.79 Å². The highest BCUT2D eigenvalue weighted by molar-refractivity contribution is 5.81. The van der Waals surface area contributed by atoms with E-state index in [-0.39, 0.29) is 23.5 Å². The topological polar surface area (TPSA) is 49.9 Å². The zero-order valence-corrected chi connectivity index (χ0v) is 16.8. The van der Waals surface area contributed by atoms with E-state index in [1.54, 1.807) is 19.0 Å². The summed E-state index contributed by atoms with van der Waals surface area (Å²) in [6, 6.07) is 0. The maximum atomic E-state index is 12.8. The Hall–Kier alpha value is -1.26. The van der Waals surface area contributed by atoms with Gasteiger partial charge in [-0.15, -0.1) is 0 Å². The number of hydrogen-bond acceptors (Lipinski definition) is 3. The highest BCUT2D eigenvalue weighted by Gasteiger charge is 2.50. The molecule has 24 heavy (non-hydrogen) atoms. The minimum Gasteiger partial charge on any atom is -0.444 e. The molecule has 0 aliphatic carbocycles. The van der Waals surface area contributed by atoms with Gasteiger partial charge in [0, 0.05) is 26.2 Å². The molecule has 0 bridgehead atoms. The Morgan fingerprint density at radius 1 is 1.29 bits per heavy atom. The summed E-state index contributed by atoms with van der Waals surface area (Å²) in [5.74, 6) is 0.528. The van der Waals surface area contributed by atoms with Gasteiger partial charge in [0.15, 0.2) is 0 Å². The van der Waals surface area contributed by atoms with Gasteiger partial charge in [-0.05, 0) is 52.4 Å². The van der Waals surface area contributed by atoms with Crippen LogP contribution in [0.15, 0.2) is 0 Å². The summed E-state index contributed by atoms with van der Waals surface area (Å²) in [5, 5.41) is 0. The van der Waals surface area contributed by atoms with Gasteiger partial charge in [0.1, 0.15) is 5.60 Å². The van der Waals surface area contributed by atoms with Crippen molar-refractivity contribution in [1.29, 1.82) is 0 Å². The van der Waals surface area contributed by atoms with Crippen LogP contribution >= 0.6 is 0 Å². The summed E-state index contributed by atoms with van der Waals surface area (Å²) in [7, 11) is 3.56. The molecule has 0 N–H and O–H groups in total. The summed E-state index contributed by atoms with van der Waals surface area (Å²) in [6.07, 6.45) is 3.23. The minimum absolute atomic E-state index is 0.100. The van der Waals surface area contributed by atoms with Crippen LogP contribution in [0.3, 0.4) is 0 Å². The lowest BCUT2D eigenvalue weighted by atomic mass is 9.83. The molecule has 0 radical (unpaired) electrons. The first kappa shape index (κ1) is 20.8. The Labute approximate surface area is 147 Å². The van der Waals surface area contributed by atoms with Crippen LogP contribution in [0, 0.1) is 11.8 Å². The fraction of sp³-hybridized carbons (Fsp3) is 0.895. The van der Waals surface area contributed by atoms with E-state index in [1.165, 1.54) is 0 Å².